The van der Waals surface area contributed by atoms with E-state index in [0.29, 0.717) is 59.3 Å². The number of hydrogen-bond donors (Lipinski definition) is 1. The van der Waals surface area contributed by atoms with Crippen molar-refractivity contribution >= 4 is 6.09 Å². The van der Waals surface area contributed by atoms with E-state index >= 15 is 0 Å². The summed E-state index contributed by atoms with van der Waals surface area (Å²) in [6, 6.07) is 16.5. The zero-order chi connectivity index (χ0) is 22.4. The number of nitrogens with one attached hydrogen (secondary N) is 1. The second-order valence-corrected chi connectivity index (χ2v) is 7.04. The molecule has 0 saturated heterocycles. The van der Waals surface area contributed by atoms with Gasteiger partial charge in [0.15, 0.2) is 0 Å². The first kappa shape index (κ1) is 23.6. The molecule has 32 heavy (non-hydrogen) atoms. The van der Waals surface area contributed by atoms with E-state index < -0.39 is 6.09 Å². The van der Waals surface area contributed by atoms with Crippen LogP contribution in [0, 0.1) is 0 Å². The summed E-state index contributed by atoms with van der Waals surface area (Å²) < 4.78 is 21.5. The van der Waals surface area contributed by atoms with Gasteiger partial charge in [-0.15, -0.1) is 0 Å². The van der Waals surface area contributed by atoms with Crippen molar-refractivity contribution in [2.24, 2.45) is 5.11 Å². The molecule has 2 aromatic carbocycles. The second kappa shape index (κ2) is 13.3. The SMILES string of the molecule is [N-]=[N+]=NCCOCCOCCOCCNC(=O)OCC1c2ccccc2-c2ccccc21. The number of amides is 1. The van der Waals surface area contributed by atoms with Crippen molar-refractivity contribution in [3.63, 3.8) is 0 Å². The van der Waals surface area contributed by atoms with Gasteiger partial charge in [-0.2, -0.15) is 0 Å². The lowest BCUT2D eigenvalue weighted by Crippen LogP contribution is -2.29. The van der Waals surface area contributed by atoms with Crippen molar-refractivity contribution < 1.29 is 23.7 Å². The van der Waals surface area contributed by atoms with Gasteiger partial charge in [-0.3, -0.25) is 0 Å². The van der Waals surface area contributed by atoms with Gasteiger partial charge in [-0.1, -0.05) is 53.6 Å². The minimum atomic E-state index is -0.454. The standard InChI is InChI=1S/C23H28N4O5/c24-27-26-10-12-30-14-16-31-15-13-29-11-9-25-23(28)32-17-22-20-7-3-1-5-18(20)19-6-2-4-8-21(19)22/h1-8,22H,9-17H2,(H,25,28). The lowest BCUT2D eigenvalue weighted by molar-refractivity contribution is 0.0165. The van der Waals surface area contributed by atoms with Crippen LogP contribution in [0.4, 0.5) is 4.79 Å². The zero-order valence-electron chi connectivity index (χ0n) is 17.9. The van der Waals surface area contributed by atoms with Crippen LogP contribution >= 0.6 is 0 Å². The molecule has 170 valence electrons. The van der Waals surface area contributed by atoms with Gasteiger partial charge in [-0.05, 0) is 27.8 Å². The number of fused-ring (bicyclic) bond motifs is 3. The van der Waals surface area contributed by atoms with Crippen molar-refractivity contribution in [1.29, 1.82) is 0 Å². The molecule has 0 aromatic heterocycles. The maximum Gasteiger partial charge on any atom is 0.407 e. The lowest BCUT2D eigenvalue weighted by Gasteiger charge is -2.14. The molecule has 0 heterocycles. The summed E-state index contributed by atoms with van der Waals surface area (Å²) in [6.07, 6.45) is -0.454. The average Bonchev–Trinajstić information content (AvgIpc) is 3.14. The molecule has 9 nitrogen and oxygen atoms in total. The van der Waals surface area contributed by atoms with Crippen LogP contribution in [0.3, 0.4) is 0 Å². The third-order valence-electron chi connectivity index (χ3n) is 5.00. The summed E-state index contributed by atoms with van der Waals surface area (Å²) in [5.74, 6) is 0.0459. The number of carbonyl (C=O) groups excluding carboxylic acids is 1. The van der Waals surface area contributed by atoms with Crippen LogP contribution in [-0.4, -0.2) is 65.4 Å². The minimum Gasteiger partial charge on any atom is -0.449 e. The predicted octanol–water partition coefficient (Wildman–Crippen LogP) is 3.89. The molecule has 1 amide bonds. The van der Waals surface area contributed by atoms with Gasteiger partial charge in [0.1, 0.15) is 6.61 Å². The highest BCUT2D eigenvalue weighted by molar-refractivity contribution is 5.79. The molecule has 3 rings (SSSR count). The largest absolute Gasteiger partial charge is 0.449 e. The molecule has 9 heteroatoms. The van der Waals surface area contributed by atoms with E-state index in [0.717, 1.165) is 0 Å². The Bertz CT molecular complexity index is 871. The highest BCUT2D eigenvalue weighted by atomic mass is 16.6. The van der Waals surface area contributed by atoms with Gasteiger partial charge in [0.2, 0.25) is 0 Å². The Labute approximate surface area is 187 Å². The maximum atomic E-state index is 12.1. The molecule has 0 spiro atoms. The summed E-state index contributed by atoms with van der Waals surface area (Å²) in [4.78, 5) is 14.7. The number of carbonyl (C=O) groups is 1. The molecule has 1 aliphatic carbocycles. The Morgan fingerprint density at radius 1 is 0.875 bits per heavy atom. The summed E-state index contributed by atoms with van der Waals surface area (Å²) in [7, 11) is 0. The lowest BCUT2D eigenvalue weighted by atomic mass is 9.98. The molecule has 0 saturated carbocycles. The first-order valence-electron chi connectivity index (χ1n) is 10.6. The Morgan fingerprint density at radius 3 is 2.06 bits per heavy atom. The quantitative estimate of drug-likeness (QED) is 0.207. The topological polar surface area (TPSA) is 115 Å². The van der Waals surface area contributed by atoms with E-state index in [2.05, 4.69) is 39.6 Å². The number of azide groups is 1. The fourth-order valence-electron chi connectivity index (χ4n) is 3.57. The Morgan fingerprint density at radius 2 is 1.44 bits per heavy atom. The number of ether oxygens (including phenoxy) is 4. The van der Waals surface area contributed by atoms with Crippen molar-refractivity contribution in [1.82, 2.24) is 5.32 Å². The average molecular weight is 441 g/mol. The van der Waals surface area contributed by atoms with Gasteiger partial charge in [0.05, 0.1) is 39.6 Å². The highest BCUT2D eigenvalue weighted by Crippen LogP contribution is 2.44. The van der Waals surface area contributed by atoms with Gasteiger partial charge >= 0.3 is 6.09 Å². The second-order valence-electron chi connectivity index (χ2n) is 7.04. The third kappa shape index (κ3) is 6.96. The predicted molar refractivity (Wildman–Crippen MR) is 120 cm³/mol. The molecule has 0 aliphatic heterocycles. The summed E-state index contributed by atoms with van der Waals surface area (Å²) in [5, 5.41) is 6.07. The number of benzene rings is 2. The minimum absolute atomic E-state index is 0.0459. The summed E-state index contributed by atoms with van der Waals surface area (Å²) in [5.41, 5.74) is 12.9. The van der Waals surface area contributed by atoms with Gasteiger partial charge < -0.3 is 24.3 Å². The van der Waals surface area contributed by atoms with Crippen LogP contribution in [0.15, 0.2) is 53.6 Å². The Balaban J connectivity index is 1.24. The van der Waals surface area contributed by atoms with E-state index in [1.54, 1.807) is 0 Å². The Kier molecular flexibility index (Phi) is 9.82. The van der Waals surface area contributed by atoms with Crippen molar-refractivity contribution in [3.8, 4) is 11.1 Å². The number of alkyl carbamates (subject to hydrolysis) is 1. The van der Waals surface area contributed by atoms with Crippen molar-refractivity contribution in [2.45, 2.75) is 5.92 Å². The van der Waals surface area contributed by atoms with Crippen LogP contribution in [0.5, 0.6) is 0 Å². The van der Waals surface area contributed by atoms with Crippen molar-refractivity contribution in [3.05, 3.63) is 70.1 Å². The van der Waals surface area contributed by atoms with E-state index in [1.807, 2.05) is 24.3 Å². The molecule has 0 fully saturated rings. The molecule has 0 radical (unpaired) electrons. The van der Waals surface area contributed by atoms with Crippen LogP contribution < -0.4 is 5.32 Å². The number of rotatable bonds is 14. The van der Waals surface area contributed by atoms with E-state index in [1.165, 1.54) is 22.3 Å². The monoisotopic (exact) mass is 440 g/mol. The molecule has 0 bridgehead atoms. The van der Waals surface area contributed by atoms with E-state index in [-0.39, 0.29) is 5.92 Å². The molecule has 0 atom stereocenters. The van der Waals surface area contributed by atoms with Gasteiger partial charge in [0.25, 0.3) is 0 Å². The number of nitrogens with zero attached hydrogens (tertiary/aromatic N) is 3. The smallest absolute Gasteiger partial charge is 0.407 e. The summed E-state index contributed by atoms with van der Waals surface area (Å²) in [6.45, 7) is 3.45. The Hall–Kier alpha value is -3.10. The van der Waals surface area contributed by atoms with Crippen molar-refractivity contribution in [2.75, 3.05) is 59.3 Å². The van der Waals surface area contributed by atoms with E-state index in [9.17, 15) is 4.79 Å². The third-order valence-corrected chi connectivity index (χ3v) is 5.00. The van der Waals surface area contributed by atoms with E-state index in [4.69, 9.17) is 24.5 Å². The molecule has 2 aromatic rings. The molecular weight excluding hydrogens is 412 g/mol. The van der Waals surface area contributed by atoms with Gasteiger partial charge in [0, 0.05) is 23.9 Å². The number of hydrogen-bond acceptors (Lipinski definition) is 6. The zero-order valence-corrected chi connectivity index (χ0v) is 17.9. The van der Waals surface area contributed by atoms with Crippen LogP contribution in [-0.2, 0) is 18.9 Å². The molecule has 0 unspecified atom stereocenters. The van der Waals surface area contributed by atoms with Crippen LogP contribution in [0.25, 0.3) is 21.6 Å². The molecular formula is C23H28N4O5. The van der Waals surface area contributed by atoms with Gasteiger partial charge in [-0.25, -0.2) is 4.79 Å². The molecule has 1 N–H and O–H groups in total. The van der Waals surface area contributed by atoms with Crippen LogP contribution in [0.2, 0.25) is 0 Å². The fraction of sp³-hybridized carbons (Fsp3) is 0.435. The fourth-order valence-corrected chi connectivity index (χ4v) is 3.57. The first-order valence-corrected chi connectivity index (χ1v) is 10.6. The molecule has 1 aliphatic rings. The van der Waals surface area contributed by atoms with Crippen LogP contribution in [0.1, 0.15) is 17.0 Å². The summed E-state index contributed by atoms with van der Waals surface area (Å²) >= 11 is 0. The highest BCUT2D eigenvalue weighted by Gasteiger charge is 2.28. The maximum absolute atomic E-state index is 12.1. The normalized spacial score (nSPS) is 12.0. The first-order chi connectivity index (χ1) is 15.8.